The molecule has 1 aliphatic rings. The maximum Gasteiger partial charge on any atom is 0.469 e. The van der Waals surface area contributed by atoms with Gasteiger partial charge in [-0.15, -0.1) is 0 Å². The van der Waals surface area contributed by atoms with E-state index in [1.165, 1.54) is 5.01 Å². The average molecular weight is 196 g/mol. The van der Waals surface area contributed by atoms with Gasteiger partial charge in [0.25, 0.3) is 0 Å². The lowest BCUT2D eigenvalue weighted by atomic mass is 10.1. The summed E-state index contributed by atoms with van der Waals surface area (Å²) < 4.78 is 14.9. The van der Waals surface area contributed by atoms with Crippen molar-refractivity contribution in [2.24, 2.45) is 5.84 Å². The van der Waals surface area contributed by atoms with Crippen molar-refractivity contribution in [2.75, 3.05) is 13.1 Å². The smallest absolute Gasteiger partial charge is 0.303 e. The highest BCUT2D eigenvalue weighted by Gasteiger charge is 2.25. The lowest BCUT2D eigenvalue weighted by Crippen LogP contribution is -2.43. The Morgan fingerprint density at radius 3 is 2.75 bits per heavy atom. The van der Waals surface area contributed by atoms with Crippen LogP contribution in [0.1, 0.15) is 12.8 Å². The van der Waals surface area contributed by atoms with Crippen LogP contribution in [0.5, 0.6) is 0 Å². The second-order valence-corrected chi connectivity index (χ2v) is 4.05. The van der Waals surface area contributed by atoms with Crippen LogP contribution in [0, 0.1) is 0 Å². The zero-order valence-electron chi connectivity index (χ0n) is 6.59. The summed E-state index contributed by atoms with van der Waals surface area (Å²) in [7, 11) is -4.34. The van der Waals surface area contributed by atoms with Crippen LogP contribution in [0.15, 0.2) is 0 Å². The fourth-order valence-electron chi connectivity index (χ4n) is 1.25. The molecule has 1 aliphatic heterocycles. The van der Waals surface area contributed by atoms with Crippen LogP contribution >= 0.6 is 7.82 Å². The second kappa shape index (κ2) is 3.83. The Balaban J connectivity index is 2.37. The van der Waals surface area contributed by atoms with Gasteiger partial charge in [0, 0.05) is 13.1 Å². The van der Waals surface area contributed by atoms with Gasteiger partial charge in [-0.05, 0) is 12.8 Å². The van der Waals surface area contributed by atoms with Crippen LogP contribution in [0.3, 0.4) is 0 Å². The first-order chi connectivity index (χ1) is 5.47. The Labute approximate surface area is 70.5 Å². The third-order valence-electron chi connectivity index (χ3n) is 1.70. The maximum absolute atomic E-state index is 10.4. The Morgan fingerprint density at radius 1 is 1.58 bits per heavy atom. The SMILES string of the molecule is NN1CCCC(OP(=O)(O)O)C1. The molecule has 1 heterocycles. The third-order valence-corrected chi connectivity index (χ3v) is 2.27. The van der Waals surface area contributed by atoms with E-state index in [9.17, 15) is 4.57 Å². The molecule has 0 amide bonds. The molecule has 72 valence electrons. The summed E-state index contributed by atoms with van der Waals surface area (Å²) in [5, 5.41) is 1.50. The molecule has 0 aromatic rings. The van der Waals surface area contributed by atoms with E-state index in [-0.39, 0.29) is 0 Å². The zero-order valence-corrected chi connectivity index (χ0v) is 7.48. The molecule has 0 radical (unpaired) electrons. The standard InChI is InChI=1S/C5H13N2O4P/c6-7-3-1-2-5(4-7)11-12(8,9)10/h5H,1-4,6H2,(H2,8,9,10). The number of phosphoric acid groups is 1. The number of piperidine rings is 1. The van der Waals surface area contributed by atoms with Crippen LogP contribution in [0.25, 0.3) is 0 Å². The van der Waals surface area contributed by atoms with E-state index in [0.717, 1.165) is 13.0 Å². The predicted octanol–water partition coefficient (Wildman–Crippen LogP) is -0.566. The van der Waals surface area contributed by atoms with Crippen molar-refractivity contribution in [1.29, 1.82) is 0 Å². The quantitative estimate of drug-likeness (QED) is 0.404. The number of rotatable bonds is 2. The first kappa shape index (κ1) is 10.1. The van der Waals surface area contributed by atoms with E-state index in [4.69, 9.17) is 15.6 Å². The third kappa shape index (κ3) is 3.62. The Morgan fingerprint density at radius 2 is 2.25 bits per heavy atom. The number of hydrogen-bond acceptors (Lipinski definition) is 4. The van der Waals surface area contributed by atoms with Gasteiger partial charge in [-0.2, -0.15) is 0 Å². The van der Waals surface area contributed by atoms with Crippen LogP contribution < -0.4 is 5.84 Å². The second-order valence-electron chi connectivity index (χ2n) is 2.86. The molecule has 7 heteroatoms. The Hall–Kier alpha value is 0.0300. The van der Waals surface area contributed by atoms with E-state index >= 15 is 0 Å². The Bertz CT molecular complexity index is 194. The minimum absolute atomic E-state index is 0.380. The van der Waals surface area contributed by atoms with Crippen molar-refractivity contribution in [3.05, 3.63) is 0 Å². The molecule has 0 aromatic heterocycles. The Kier molecular flexibility index (Phi) is 3.22. The van der Waals surface area contributed by atoms with Crippen molar-refractivity contribution in [3.63, 3.8) is 0 Å². The molecule has 1 saturated heterocycles. The molecule has 1 rings (SSSR count). The first-order valence-electron chi connectivity index (χ1n) is 3.71. The van der Waals surface area contributed by atoms with Gasteiger partial charge < -0.3 is 9.79 Å². The summed E-state index contributed by atoms with van der Waals surface area (Å²) in [6.45, 7) is 1.13. The normalized spacial score (nSPS) is 27.4. The van der Waals surface area contributed by atoms with Gasteiger partial charge >= 0.3 is 7.82 Å². The lowest BCUT2D eigenvalue weighted by molar-refractivity contribution is 0.0617. The molecular formula is C5H13N2O4P. The molecule has 0 aliphatic carbocycles. The number of hydrazine groups is 1. The van der Waals surface area contributed by atoms with Gasteiger partial charge in [0.15, 0.2) is 0 Å². The van der Waals surface area contributed by atoms with Crippen molar-refractivity contribution >= 4 is 7.82 Å². The molecule has 6 nitrogen and oxygen atoms in total. The summed E-state index contributed by atoms with van der Waals surface area (Å²) in [4.78, 5) is 17.0. The largest absolute Gasteiger partial charge is 0.469 e. The molecule has 4 N–H and O–H groups in total. The van der Waals surface area contributed by atoms with E-state index in [1.807, 2.05) is 0 Å². The summed E-state index contributed by atoms with van der Waals surface area (Å²) >= 11 is 0. The van der Waals surface area contributed by atoms with Crippen LogP contribution in [-0.4, -0.2) is 34.0 Å². The fourth-order valence-corrected chi connectivity index (χ4v) is 1.81. The van der Waals surface area contributed by atoms with Gasteiger partial charge in [-0.1, -0.05) is 0 Å². The monoisotopic (exact) mass is 196 g/mol. The summed E-state index contributed by atoms with van der Waals surface area (Å²) in [5.41, 5.74) is 0. The van der Waals surface area contributed by atoms with Crippen molar-refractivity contribution in [3.8, 4) is 0 Å². The van der Waals surface area contributed by atoms with Crippen molar-refractivity contribution in [2.45, 2.75) is 18.9 Å². The lowest BCUT2D eigenvalue weighted by Gasteiger charge is -2.28. The molecule has 0 saturated carbocycles. The van der Waals surface area contributed by atoms with E-state index in [1.54, 1.807) is 0 Å². The molecule has 12 heavy (non-hydrogen) atoms. The van der Waals surface area contributed by atoms with Gasteiger partial charge in [-0.25, -0.2) is 9.57 Å². The van der Waals surface area contributed by atoms with Crippen molar-refractivity contribution < 1.29 is 18.9 Å². The highest BCUT2D eigenvalue weighted by Crippen LogP contribution is 2.39. The molecular weight excluding hydrogens is 183 g/mol. The number of nitrogens with two attached hydrogens (primary N) is 1. The predicted molar refractivity (Wildman–Crippen MR) is 41.9 cm³/mol. The van der Waals surface area contributed by atoms with Gasteiger partial charge in [0.2, 0.25) is 0 Å². The maximum atomic E-state index is 10.4. The number of phosphoric ester groups is 1. The molecule has 1 unspecified atom stereocenters. The van der Waals surface area contributed by atoms with E-state index in [0.29, 0.717) is 13.0 Å². The zero-order chi connectivity index (χ0) is 9.19. The van der Waals surface area contributed by atoms with E-state index < -0.39 is 13.9 Å². The molecule has 1 fully saturated rings. The highest BCUT2D eigenvalue weighted by atomic mass is 31.2. The van der Waals surface area contributed by atoms with Crippen LogP contribution in [0.4, 0.5) is 0 Å². The van der Waals surface area contributed by atoms with Crippen molar-refractivity contribution in [1.82, 2.24) is 5.01 Å². The highest BCUT2D eigenvalue weighted by molar-refractivity contribution is 7.46. The number of hydrogen-bond donors (Lipinski definition) is 3. The molecule has 0 aromatic carbocycles. The minimum atomic E-state index is -4.34. The average Bonchev–Trinajstić information content (AvgIpc) is 1.82. The molecule has 0 spiro atoms. The topological polar surface area (TPSA) is 96.0 Å². The summed E-state index contributed by atoms with van der Waals surface area (Å²) in [6, 6.07) is 0. The van der Waals surface area contributed by atoms with Crippen LogP contribution in [-0.2, 0) is 9.09 Å². The minimum Gasteiger partial charge on any atom is -0.303 e. The number of nitrogens with zero attached hydrogens (tertiary/aromatic N) is 1. The summed E-state index contributed by atoms with van der Waals surface area (Å²) in [6.07, 6.45) is 1.02. The fraction of sp³-hybridized carbons (Fsp3) is 1.00. The van der Waals surface area contributed by atoms with Gasteiger partial charge in [0.1, 0.15) is 0 Å². The summed E-state index contributed by atoms with van der Waals surface area (Å²) in [5.74, 6) is 5.44. The van der Waals surface area contributed by atoms with Crippen LogP contribution in [0.2, 0.25) is 0 Å². The van der Waals surface area contributed by atoms with Gasteiger partial charge in [-0.3, -0.25) is 10.4 Å². The van der Waals surface area contributed by atoms with E-state index in [2.05, 4.69) is 4.52 Å². The van der Waals surface area contributed by atoms with Gasteiger partial charge in [0.05, 0.1) is 6.10 Å². The molecule has 0 bridgehead atoms. The first-order valence-corrected chi connectivity index (χ1v) is 5.24. The molecule has 1 atom stereocenters.